The molecule has 0 N–H and O–H groups in total. The molecule has 0 spiro atoms. The highest BCUT2D eigenvalue weighted by Crippen LogP contribution is 2.13. The fourth-order valence-corrected chi connectivity index (χ4v) is 1.67. The molecule has 1 saturated heterocycles. The predicted molar refractivity (Wildman–Crippen MR) is 57.3 cm³/mol. The van der Waals surface area contributed by atoms with Crippen LogP contribution in [0.1, 0.15) is 6.92 Å². The van der Waals surface area contributed by atoms with Crippen LogP contribution in [0.15, 0.2) is 16.9 Å². The lowest BCUT2D eigenvalue weighted by Gasteiger charge is -2.32. The molecule has 6 heteroatoms. The average molecular weight is 225 g/mol. The van der Waals surface area contributed by atoms with E-state index >= 15 is 0 Å². The lowest BCUT2D eigenvalue weighted by atomic mass is 10.3. The molecule has 88 valence electrons. The molecule has 0 radical (unpaired) electrons. The van der Waals surface area contributed by atoms with E-state index in [2.05, 4.69) is 4.98 Å². The summed E-state index contributed by atoms with van der Waals surface area (Å²) in [5, 5.41) is 0. The van der Waals surface area contributed by atoms with Crippen molar-refractivity contribution in [2.45, 2.75) is 6.92 Å². The third kappa shape index (κ3) is 2.26. The largest absolute Gasteiger partial charge is 0.450 e. The van der Waals surface area contributed by atoms with Crippen LogP contribution < -0.4 is 4.90 Å². The number of amides is 1. The minimum atomic E-state index is -0.241. The zero-order valence-corrected chi connectivity index (χ0v) is 9.26. The van der Waals surface area contributed by atoms with Gasteiger partial charge in [-0.05, 0) is 6.92 Å². The summed E-state index contributed by atoms with van der Waals surface area (Å²) in [5.41, 5.74) is 0. The van der Waals surface area contributed by atoms with Gasteiger partial charge < -0.3 is 19.0 Å². The van der Waals surface area contributed by atoms with Gasteiger partial charge in [-0.25, -0.2) is 9.78 Å². The first-order valence-electron chi connectivity index (χ1n) is 5.37. The van der Waals surface area contributed by atoms with Crippen molar-refractivity contribution < 1.29 is 13.9 Å². The van der Waals surface area contributed by atoms with E-state index in [-0.39, 0.29) is 6.09 Å². The third-order valence-corrected chi connectivity index (χ3v) is 2.50. The number of piperazine rings is 1. The number of carbonyl (C=O) groups is 1. The van der Waals surface area contributed by atoms with Crippen LogP contribution in [0.4, 0.5) is 10.8 Å². The van der Waals surface area contributed by atoms with Gasteiger partial charge in [-0.15, -0.1) is 0 Å². The lowest BCUT2D eigenvalue weighted by Crippen LogP contribution is -2.49. The van der Waals surface area contributed by atoms with E-state index in [1.165, 1.54) is 0 Å². The Bertz CT molecular complexity index is 331. The van der Waals surface area contributed by atoms with Gasteiger partial charge in [0.1, 0.15) is 6.26 Å². The van der Waals surface area contributed by atoms with Crippen LogP contribution in [0.25, 0.3) is 0 Å². The summed E-state index contributed by atoms with van der Waals surface area (Å²) in [7, 11) is 0. The average Bonchev–Trinajstić information content (AvgIpc) is 2.83. The molecule has 1 aliphatic heterocycles. The number of carbonyl (C=O) groups excluding carboxylic acids is 1. The van der Waals surface area contributed by atoms with E-state index < -0.39 is 0 Å². The zero-order chi connectivity index (χ0) is 11.4. The summed E-state index contributed by atoms with van der Waals surface area (Å²) in [4.78, 5) is 19.2. The van der Waals surface area contributed by atoms with Crippen molar-refractivity contribution >= 4 is 12.1 Å². The Morgan fingerprint density at radius 3 is 2.81 bits per heavy atom. The van der Waals surface area contributed by atoms with E-state index in [4.69, 9.17) is 9.15 Å². The molecule has 1 aliphatic rings. The Balaban J connectivity index is 1.85. The van der Waals surface area contributed by atoms with Crippen LogP contribution in [0.3, 0.4) is 0 Å². The van der Waals surface area contributed by atoms with Crippen LogP contribution in [0.5, 0.6) is 0 Å². The molecular weight excluding hydrogens is 210 g/mol. The Hall–Kier alpha value is -1.72. The van der Waals surface area contributed by atoms with Gasteiger partial charge in [0.15, 0.2) is 0 Å². The standard InChI is InChI=1S/C10H15N3O3/c1-2-15-10(14)13-6-4-12(5-7-13)9-11-3-8-16-9/h3,8H,2,4-7H2,1H3. The number of rotatable bonds is 2. The summed E-state index contributed by atoms with van der Waals surface area (Å²) < 4.78 is 10.1. The molecule has 0 aliphatic carbocycles. The topological polar surface area (TPSA) is 58.8 Å². The van der Waals surface area contributed by atoms with Gasteiger partial charge in [0.2, 0.25) is 0 Å². The van der Waals surface area contributed by atoms with Crippen molar-refractivity contribution in [3.63, 3.8) is 0 Å². The molecule has 1 aromatic heterocycles. The third-order valence-electron chi connectivity index (χ3n) is 2.50. The second-order valence-corrected chi connectivity index (χ2v) is 3.49. The number of ether oxygens (including phenoxy) is 1. The zero-order valence-electron chi connectivity index (χ0n) is 9.26. The second kappa shape index (κ2) is 4.87. The van der Waals surface area contributed by atoms with Crippen LogP contribution in [-0.2, 0) is 4.74 Å². The summed E-state index contributed by atoms with van der Waals surface area (Å²) >= 11 is 0. The molecular formula is C10H15N3O3. The number of hydrogen-bond acceptors (Lipinski definition) is 5. The quantitative estimate of drug-likeness (QED) is 0.750. The van der Waals surface area contributed by atoms with Gasteiger partial charge in [0.25, 0.3) is 6.01 Å². The highest BCUT2D eigenvalue weighted by molar-refractivity contribution is 5.68. The van der Waals surface area contributed by atoms with Gasteiger partial charge in [-0.2, -0.15) is 0 Å². The molecule has 2 heterocycles. The van der Waals surface area contributed by atoms with E-state index in [0.717, 1.165) is 13.1 Å². The van der Waals surface area contributed by atoms with Crippen molar-refractivity contribution in [2.75, 3.05) is 37.7 Å². The monoisotopic (exact) mass is 225 g/mol. The number of hydrogen-bond donors (Lipinski definition) is 0. The van der Waals surface area contributed by atoms with E-state index in [1.54, 1.807) is 24.3 Å². The van der Waals surface area contributed by atoms with Gasteiger partial charge in [0.05, 0.1) is 12.8 Å². The minimum absolute atomic E-state index is 0.241. The van der Waals surface area contributed by atoms with Crippen molar-refractivity contribution in [1.29, 1.82) is 0 Å². The van der Waals surface area contributed by atoms with Crippen LogP contribution in [0, 0.1) is 0 Å². The summed E-state index contributed by atoms with van der Waals surface area (Å²) in [6.07, 6.45) is 2.93. The number of oxazole rings is 1. The number of anilines is 1. The highest BCUT2D eigenvalue weighted by atomic mass is 16.6. The SMILES string of the molecule is CCOC(=O)N1CCN(c2ncco2)CC1. The first-order chi connectivity index (χ1) is 7.81. The van der Waals surface area contributed by atoms with Gasteiger partial charge in [-0.1, -0.05) is 0 Å². The molecule has 0 saturated carbocycles. The van der Waals surface area contributed by atoms with Crippen LogP contribution in [0.2, 0.25) is 0 Å². The smallest absolute Gasteiger partial charge is 0.409 e. The molecule has 2 rings (SSSR count). The first kappa shape index (κ1) is 10.8. The Kier molecular flexibility index (Phi) is 3.28. The summed E-state index contributed by atoms with van der Waals surface area (Å²) in [6, 6.07) is 0.614. The molecule has 1 amide bonds. The van der Waals surface area contributed by atoms with Gasteiger partial charge in [-0.3, -0.25) is 0 Å². The second-order valence-electron chi connectivity index (χ2n) is 3.49. The highest BCUT2D eigenvalue weighted by Gasteiger charge is 2.23. The molecule has 16 heavy (non-hydrogen) atoms. The van der Waals surface area contributed by atoms with Gasteiger partial charge in [0, 0.05) is 26.2 Å². The fourth-order valence-electron chi connectivity index (χ4n) is 1.67. The van der Waals surface area contributed by atoms with Crippen molar-refractivity contribution in [3.8, 4) is 0 Å². The molecule has 0 unspecified atom stereocenters. The molecule has 0 aromatic carbocycles. The normalized spacial score (nSPS) is 16.3. The first-order valence-corrected chi connectivity index (χ1v) is 5.37. The van der Waals surface area contributed by atoms with E-state index in [9.17, 15) is 4.79 Å². The van der Waals surface area contributed by atoms with E-state index in [0.29, 0.717) is 25.7 Å². The lowest BCUT2D eigenvalue weighted by molar-refractivity contribution is 0.104. The molecule has 1 aromatic rings. The number of aromatic nitrogens is 1. The van der Waals surface area contributed by atoms with Crippen molar-refractivity contribution in [1.82, 2.24) is 9.88 Å². The van der Waals surface area contributed by atoms with E-state index in [1.807, 2.05) is 4.90 Å². The Morgan fingerprint density at radius 1 is 1.50 bits per heavy atom. The molecule has 0 bridgehead atoms. The molecule has 6 nitrogen and oxygen atoms in total. The Labute approximate surface area is 93.8 Å². The number of nitrogens with zero attached hydrogens (tertiary/aromatic N) is 3. The van der Waals surface area contributed by atoms with Crippen molar-refractivity contribution in [2.24, 2.45) is 0 Å². The maximum atomic E-state index is 11.4. The maximum Gasteiger partial charge on any atom is 0.409 e. The van der Waals surface area contributed by atoms with Crippen LogP contribution in [-0.4, -0.2) is 48.8 Å². The predicted octanol–water partition coefficient (Wildman–Crippen LogP) is 0.953. The van der Waals surface area contributed by atoms with Crippen molar-refractivity contribution in [3.05, 3.63) is 12.5 Å². The Morgan fingerprint density at radius 2 is 2.25 bits per heavy atom. The molecule has 0 atom stereocenters. The van der Waals surface area contributed by atoms with Gasteiger partial charge >= 0.3 is 6.09 Å². The molecule has 1 fully saturated rings. The maximum absolute atomic E-state index is 11.4. The summed E-state index contributed by atoms with van der Waals surface area (Å²) in [5.74, 6) is 0. The summed E-state index contributed by atoms with van der Waals surface area (Å²) in [6.45, 7) is 4.95. The fraction of sp³-hybridized carbons (Fsp3) is 0.600. The minimum Gasteiger partial charge on any atom is -0.450 e. The van der Waals surface area contributed by atoms with Crippen LogP contribution >= 0.6 is 0 Å².